The van der Waals surface area contributed by atoms with Crippen LogP contribution in [0.3, 0.4) is 0 Å². The minimum atomic E-state index is -1.01. The molecule has 0 atom stereocenters. The van der Waals surface area contributed by atoms with Crippen molar-refractivity contribution in [2.75, 3.05) is 0 Å². The summed E-state index contributed by atoms with van der Waals surface area (Å²) in [7, 11) is -1.01. The normalized spacial score (nSPS) is 16.5. The Morgan fingerprint density at radius 2 is 2.00 bits per heavy atom. The van der Waals surface area contributed by atoms with Crippen LogP contribution in [0.2, 0.25) is 19.6 Å². The van der Waals surface area contributed by atoms with Gasteiger partial charge in [-0.2, -0.15) is 6.08 Å². The van der Waals surface area contributed by atoms with E-state index in [4.69, 9.17) is 0 Å². The maximum absolute atomic E-state index is 3.36. The predicted molar refractivity (Wildman–Crippen MR) is 43.9 cm³/mol. The molecule has 0 nitrogen and oxygen atoms in total. The van der Waals surface area contributed by atoms with Crippen LogP contribution in [0.1, 0.15) is 6.42 Å². The molecule has 0 unspecified atom stereocenters. The first-order valence-electron chi connectivity index (χ1n) is 3.38. The fraction of sp³-hybridized carbons (Fsp3) is 0.500. The maximum atomic E-state index is 3.36. The fourth-order valence-corrected chi connectivity index (χ4v) is 2.17. The smallest absolute Gasteiger partial charge is 0.274 e. The van der Waals surface area contributed by atoms with Crippen LogP contribution in [0.15, 0.2) is 17.3 Å². The third-order valence-electron chi connectivity index (χ3n) is 1.50. The van der Waals surface area contributed by atoms with Crippen LogP contribution in [0.25, 0.3) is 0 Å². The van der Waals surface area contributed by atoms with Gasteiger partial charge in [-0.15, -0.1) is 6.42 Å². The molecule has 0 heterocycles. The molecule has 0 aromatic heterocycles. The standard InChI is InChI=1S/C8H13Si.Li/c1-9(2,3)8-6-4-5-7-8;/h4,6H,5H2,1-3H3;/q-1;+1. The summed E-state index contributed by atoms with van der Waals surface area (Å²) >= 11 is 0. The van der Waals surface area contributed by atoms with E-state index in [0.29, 0.717) is 0 Å². The molecule has 0 amide bonds. The van der Waals surface area contributed by atoms with Crippen molar-refractivity contribution < 1.29 is 18.9 Å². The second kappa shape index (κ2) is 3.62. The Kier molecular flexibility index (Phi) is 3.72. The molecule has 0 radical (unpaired) electrons. The van der Waals surface area contributed by atoms with E-state index < -0.39 is 8.07 Å². The Morgan fingerprint density at radius 1 is 1.40 bits per heavy atom. The number of hydrogen-bond donors (Lipinski definition) is 0. The minimum Gasteiger partial charge on any atom is -0.274 e. The van der Waals surface area contributed by atoms with Gasteiger partial charge in [-0.05, 0) is 0 Å². The Bertz CT molecular complexity index is 163. The number of hydrogen-bond acceptors (Lipinski definition) is 0. The second-order valence-electron chi connectivity index (χ2n) is 3.45. The van der Waals surface area contributed by atoms with Gasteiger partial charge in [-0.1, -0.05) is 19.6 Å². The summed E-state index contributed by atoms with van der Waals surface area (Å²) in [4.78, 5) is 0. The molecule has 50 valence electrons. The molecule has 0 spiro atoms. The maximum Gasteiger partial charge on any atom is 1.00 e. The van der Waals surface area contributed by atoms with Crippen molar-refractivity contribution in [3.05, 3.63) is 23.4 Å². The van der Waals surface area contributed by atoms with Crippen LogP contribution < -0.4 is 18.9 Å². The molecule has 0 saturated carbocycles. The van der Waals surface area contributed by atoms with Crippen molar-refractivity contribution in [1.29, 1.82) is 0 Å². The Morgan fingerprint density at radius 3 is 2.20 bits per heavy atom. The van der Waals surface area contributed by atoms with Crippen LogP contribution in [0.5, 0.6) is 0 Å². The van der Waals surface area contributed by atoms with Crippen LogP contribution in [0, 0.1) is 6.08 Å². The van der Waals surface area contributed by atoms with Gasteiger partial charge in [0.25, 0.3) is 0 Å². The van der Waals surface area contributed by atoms with Gasteiger partial charge in [0.15, 0.2) is 0 Å². The summed E-state index contributed by atoms with van der Waals surface area (Å²) in [5.74, 6) is 0. The Labute approximate surface area is 76.6 Å². The zero-order chi connectivity index (χ0) is 6.91. The predicted octanol–water partition coefficient (Wildman–Crippen LogP) is -0.443. The first-order valence-corrected chi connectivity index (χ1v) is 6.88. The van der Waals surface area contributed by atoms with E-state index in [0.717, 1.165) is 6.42 Å². The van der Waals surface area contributed by atoms with Crippen LogP contribution >= 0.6 is 0 Å². The zero-order valence-corrected chi connectivity index (χ0v) is 8.36. The summed E-state index contributed by atoms with van der Waals surface area (Å²) in [6, 6.07) is 0. The van der Waals surface area contributed by atoms with E-state index in [9.17, 15) is 0 Å². The van der Waals surface area contributed by atoms with Crippen molar-refractivity contribution in [3.63, 3.8) is 0 Å². The molecule has 0 fully saturated rings. The largest absolute Gasteiger partial charge is 1.00 e. The van der Waals surface area contributed by atoms with Gasteiger partial charge in [0, 0.05) is 8.07 Å². The monoisotopic (exact) mass is 144 g/mol. The summed E-state index contributed by atoms with van der Waals surface area (Å²) in [5, 5.41) is 1.49. The van der Waals surface area contributed by atoms with Crippen LogP contribution in [-0.2, 0) is 0 Å². The molecule has 1 aliphatic carbocycles. The third-order valence-corrected chi connectivity index (χ3v) is 3.46. The van der Waals surface area contributed by atoms with Crippen molar-refractivity contribution in [1.82, 2.24) is 0 Å². The number of allylic oxidation sites excluding steroid dienone is 4. The van der Waals surface area contributed by atoms with Crippen molar-refractivity contribution >= 4 is 8.07 Å². The number of rotatable bonds is 1. The van der Waals surface area contributed by atoms with E-state index in [-0.39, 0.29) is 18.9 Å². The molecule has 0 aromatic carbocycles. The molecule has 0 aliphatic heterocycles. The van der Waals surface area contributed by atoms with Gasteiger partial charge in [0.05, 0.1) is 0 Å². The average molecular weight is 144 g/mol. The quantitative estimate of drug-likeness (QED) is 0.346. The van der Waals surface area contributed by atoms with E-state index >= 15 is 0 Å². The average Bonchev–Trinajstić information content (AvgIpc) is 2.08. The van der Waals surface area contributed by atoms with E-state index in [2.05, 4.69) is 37.9 Å². The van der Waals surface area contributed by atoms with Gasteiger partial charge >= 0.3 is 18.9 Å². The molecular weight excluding hydrogens is 131 g/mol. The van der Waals surface area contributed by atoms with Gasteiger partial charge < -0.3 is 0 Å². The van der Waals surface area contributed by atoms with Gasteiger partial charge in [-0.3, -0.25) is 6.08 Å². The minimum absolute atomic E-state index is 0. The zero-order valence-electron chi connectivity index (χ0n) is 7.36. The molecule has 2 heteroatoms. The first kappa shape index (κ1) is 10.3. The summed E-state index contributed by atoms with van der Waals surface area (Å²) in [6.45, 7) is 7.06. The molecule has 0 aromatic rings. The van der Waals surface area contributed by atoms with Crippen LogP contribution in [-0.4, -0.2) is 8.07 Å². The van der Waals surface area contributed by atoms with Crippen molar-refractivity contribution in [2.45, 2.75) is 26.1 Å². The first-order chi connectivity index (χ1) is 4.11. The topological polar surface area (TPSA) is 0 Å². The van der Waals surface area contributed by atoms with E-state index in [1.165, 1.54) is 5.20 Å². The summed E-state index contributed by atoms with van der Waals surface area (Å²) < 4.78 is 0. The van der Waals surface area contributed by atoms with Gasteiger partial charge in [0.1, 0.15) is 0 Å². The molecule has 0 bridgehead atoms. The van der Waals surface area contributed by atoms with Gasteiger partial charge in [-0.25, -0.2) is 11.3 Å². The van der Waals surface area contributed by atoms with E-state index in [1.807, 2.05) is 0 Å². The van der Waals surface area contributed by atoms with Crippen LogP contribution in [0.4, 0.5) is 0 Å². The van der Waals surface area contributed by atoms with Crippen molar-refractivity contribution in [3.8, 4) is 0 Å². The molecule has 0 saturated heterocycles. The third kappa shape index (κ3) is 2.50. The molecule has 10 heavy (non-hydrogen) atoms. The summed E-state index contributed by atoms with van der Waals surface area (Å²) in [5.41, 5.74) is 0. The molecular formula is C8H13LiSi. The van der Waals surface area contributed by atoms with Gasteiger partial charge in [0.2, 0.25) is 0 Å². The molecule has 1 aliphatic rings. The Hall–Kier alpha value is 0.294. The Balaban J connectivity index is 0.000000810. The molecule has 0 N–H and O–H groups in total. The van der Waals surface area contributed by atoms with E-state index in [1.54, 1.807) is 0 Å². The second-order valence-corrected chi connectivity index (χ2v) is 8.49. The summed E-state index contributed by atoms with van der Waals surface area (Å²) in [6.07, 6.45) is 8.82. The van der Waals surface area contributed by atoms with Crippen molar-refractivity contribution in [2.24, 2.45) is 0 Å². The fourth-order valence-electron chi connectivity index (χ4n) is 0.920. The molecule has 1 rings (SSSR count). The SMILES string of the molecule is C[Si](C)(C)C1=[C-]CC=C1.[Li+].